The molecule has 3 atom stereocenters. The Morgan fingerprint density at radius 2 is 1.54 bits per heavy atom. The van der Waals surface area contributed by atoms with Crippen LogP contribution in [0.25, 0.3) is 0 Å². The zero-order valence-electron chi connectivity index (χ0n) is 47.8. The first-order valence-electron chi connectivity index (χ1n) is 26.8. The van der Waals surface area contributed by atoms with E-state index in [-0.39, 0.29) is 6.61 Å². The van der Waals surface area contributed by atoms with Gasteiger partial charge >= 0.3 is 0 Å². The molecule has 5 aliphatic rings. The van der Waals surface area contributed by atoms with Crippen LogP contribution in [0.1, 0.15) is 217 Å². The Morgan fingerprint density at radius 3 is 1.87 bits per heavy atom. The van der Waals surface area contributed by atoms with Crippen LogP contribution in [0.15, 0.2) is 114 Å². The largest absolute Gasteiger partial charge is 0.496 e. The Kier molecular flexibility index (Phi) is 30.5. The van der Waals surface area contributed by atoms with E-state index in [1.54, 1.807) is 30.8 Å². The Labute approximate surface area is 425 Å². The lowest BCUT2D eigenvalue weighted by molar-refractivity contribution is -0.0116. The number of methoxy groups -OCH3 is 1. The second-order valence-electron chi connectivity index (χ2n) is 22.7. The molecule has 1 saturated carbocycles. The number of benzene rings is 1. The molecule has 2 bridgehead atoms. The van der Waals surface area contributed by atoms with Crippen molar-refractivity contribution in [2.24, 2.45) is 46.8 Å². The summed E-state index contributed by atoms with van der Waals surface area (Å²) in [6.45, 7) is 42.6. The molecule has 2 heterocycles. The number of aliphatic hydroxyl groups excluding tert-OH is 1. The molecule has 6 heteroatoms. The van der Waals surface area contributed by atoms with Crippen LogP contribution < -0.4 is 4.74 Å². The topological polar surface area (TPSA) is 86.8 Å². The molecule has 1 fully saturated rings. The molecule has 2 aromatic heterocycles. The maximum absolute atomic E-state index is 9.00. The summed E-state index contributed by atoms with van der Waals surface area (Å²) in [5, 5.41) is 9.00. The molecule has 0 saturated heterocycles. The van der Waals surface area contributed by atoms with E-state index >= 15 is 0 Å². The maximum Gasteiger partial charge on any atom is 0.124 e. The van der Waals surface area contributed by atoms with Gasteiger partial charge in [0.1, 0.15) is 11.6 Å². The van der Waals surface area contributed by atoms with Crippen LogP contribution in [0.4, 0.5) is 0 Å². The number of ether oxygens (including phenoxy) is 1. The molecule has 6 nitrogen and oxygen atoms in total. The standard InChI is InChI=1S/C12H20.C12H24.C11H16O2.2C8H12.2C6H10N2/c1-8(2)10-6-5-9-7-11(10)12(9,3)4;1-10(2)7-6-8-12(5)9-11(3)4;1-8(2)9-4-5-10(7-12)11(6-9)13-3;2*1-7(2)8-5-3-4-6-8;1-5(2)6-3-7-4-8-6;1-5(2)6-7-3-4-8-6/h6,8-9,11H,5,7H2,1-4H3;7,11-12H,6,8-9H2,1-5H3;4-6,8,12H,7H2,1-3H3;3,5-7H,4H2,1-2H3;3-5,7H,6H2,1-2H3;2*3-5H,1-2H3,(H,7,8). The summed E-state index contributed by atoms with van der Waals surface area (Å²) < 4.78 is 5.17. The van der Waals surface area contributed by atoms with E-state index < -0.39 is 0 Å². The van der Waals surface area contributed by atoms with Gasteiger partial charge < -0.3 is 19.8 Å². The van der Waals surface area contributed by atoms with Gasteiger partial charge in [-0.2, -0.15) is 0 Å². The first-order valence-corrected chi connectivity index (χ1v) is 26.8. The summed E-state index contributed by atoms with van der Waals surface area (Å²) in [5.74, 6) is 9.28. The zero-order valence-corrected chi connectivity index (χ0v) is 47.8. The third kappa shape index (κ3) is 24.5. The van der Waals surface area contributed by atoms with Crippen LogP contribution in [-0.4, -0.2) is 32.2 Å². The van der Waals surface area contributed by atoms with Crippen molar-refractivity contribution in [2.75, 3.05) is 7.11 Å². The first-order chi connectivity index (χ1) is 32.5. The minimum Gasteiger partial charge on any atom is -0.496 e. The normalized spacial score (nSPS) is 17.3. The van der Waals surface area contributed by atoms with Crippen molar-refractivity contribution in [1.82, 2.24) is 19.9 Å². The molecular formula is C63H104N4O2. The predicted molar refractivity (Wildman–Crippen MR) is 302 cm³/mol. The van der Waals surface area contributed by atoms with Crippen molar-refractivity contribution in [3.63, 3.8) is 0 Å². The van der Waals surface area contributed by atoms with Crippen molar-refractivity contribution >= 4 is 0 Å². The van der Waals surface area contributed by atoms with Crippen molar-refractivity contribution in [2.45, 2.75) is 201 Å². The Hall–Kier alpha value is -4.16. The highest BCUT2D eigenvalue weighted by atomic mass is 16.5. The third-order valence-corrected chi connectivity index (χ3v) is 13.6. The Balaban J connectivity index is 0.000000406. The second kappa shape index (κ2) is 33.4. The molecule has 3 aromatic rings. The lowest BCUT2D eigenvalue weighted by Crippen LogP contribution is -2.48. The molecule has 0 aliphatic heterocycles. The number of aromatic amines is 2. The number of hydrogen-bond acceptors (Lipinski definition) is 4. The van der Waals surface area contributed by atoms with Crippen LogP contribution in [0.5, 0.6) is 5.75 Å². The highest BCUT2D eigenvalue weighted by Crippen LogP contribution is 2.60. The quantitative estimate of drug-likeness (QED) is 0.149. The molecule has 0 spiro atoms. The number of rotatable bonds is 13. The van der Waals surface area contributed by atoms with Crippen LogP contribution in [0.3, 0.4) is 0 Å². The molecule has 3 N–H and O–H groups in total. The van der Waals surface area contributed by atoms with Crippen molar-refractivity contribution in [1.29, 1.82) is 0 Å². The highest BCUT2D eigenvalue weighted by molar-refractivity contribution is 5.38. The maximum atomic E-state index is 9.00. The van der Waals surface area contributed by atoms with Gasteiger partial charge in [0.15, 0.2) is 0 Å². The molecule has 0 radical (unpaired) electrons. The molecule has 8 rings (SSSR count). The van der Waals surface area contributed by atoms with E-state index in [1.807, 2.05) is 30.6 Å². The number of allylic oxidation sites excluding steroid dienone is 12. The average Bonchev–Trinajstić information content (AvgIpc) is 4.16. The number of aliphatic hydroxyl groups is 1. The number of hydrogen-bond donors (Lipinski definition) is 3. The van der Waals surface area contributed by atoms with Crippen LogP contribution in [0.2, 0.25) is 0 Å². The number of nitrogens with one attached hydrogen (secondary N) is 2. The molecular weight excluding hydrogens is 845 g/mol. The van der Waals surface area contributed by atoms with E-state index in [0.717, 1.165) is 59.1 Å². The van der Waals surface area contributed by atoms with Gasteiger partial charge in [-0.25, -0.2) is 9.97 Å². The number of nitrogens with zero attached hydrogens (tertiary/aromatic N) is 2. The Bertz CT molecular complexity index is 1940. The van der Waals surface area contributed by atoms with Crippen molar-refractivity contribution in [3.8, 4) is 5.75 Å². The van der Waals surface area contributed by atoms with Gasteiger partial charge in [0, 0.05) is 35.8 Å². The van der Waals surface area contributed by atoms with E-state index in [0.29, 0.717) is 29.1 Å². The van der Waals surface area contributed by atoms with Gasteiger partial charge in [-0.1, -0.05) is 195 Å². The van der Waals surface area contributed by atoms with E-state index in [4.69, 9.17) is 9.84 Å². The molecule has 0 amide bonds. The number of fused-ring (bicyclic) bond motifs is 1. The van der Waals surface area contributed by atoms with E-state index in [1.165, 1.54) is 60.9 Å². The lowest BCUT2D eigenvalue weighted by atomic mass is 9.48. The first kappa shape index (κ1) is 62.9. The fourth-order valence-electron chi connectivity index (χ4n) is 8.84. The van der Waals surface area contributed by atoms with Gasteiger partial charge in [-0.3, -0.25) is 0 Å². The second-order valence-corrected chi connectivity index (χ2v) is 22.7. The van der Waals surface area contributed by atoms with E-state index in [2.05, 4.69) is 200 Å². The summed E-state index contributed by atoms with van der Waals surface area (Å²) in [6, 6.07) is 5.92. The summed E-state index contributed by atoms with van der Waals surface area (Å²) in [5.41, 5.74) is 10.1. The van der Waals surface area contributed by atoms with Crippen LogP contribution in [0, 0.1) is 46.8 Å². The molecule has 1 aromatic carbocycles. The summed E-state index contributed by atoms with van der Waals surface area (Å²) >= 11 is 0. The predicted octanol–water partition coefficient (Wildman–Crippen LogP) is 18.5. The summed E-state index contributed by atoms with van der Waals surface area (Å²) in [6.07, 6.45) is 34.4. The lowest BCUT2D eigenvalue weighted by Gasteiger charge is -2.57. The molecule has 69 heavy (non-hydrogen) atoms. The Morgan fingerprint density at radius 1 is 0.841 bits per heavy atom. The smallest absolute Gasteiger partial charge is 0.124 e. The van der Waals surface area contributed by atoms with Gasteiger partial charge in [0.25, 0.3) is 0 Å². The SMILES string of the molecule is CC(C)=CCCC(C)CC(C)C.CC(C)C1=CC=CC1.CC(C)C1=CCC2CC1C2(C)C.CC(C)C1=CCC=C1.CC(C)c1cnc[nH]1.CC(C)c1ncc[nH]1.COc1cc(C(C)C)ccc1CO. The van der Waals surface area contributed by atoms with Crippen molar-refractivity contribution < 1.29 is 9.84 Å². The van der Waals surface area contributed by atoms with Gasteiger partial charge in [-0.05, 0) is 135 Å². The van der Waals surface area contributed by atoms with Gasteiger partial charge in [0.2, 0.25) is 0 Å². The fraction of sp³-hybridized carbons (Fsp3) is 0.619. The minimum absolute atomic E-state index is 0.0293. The third-order valence-electron chi connectivity index (χ3n) is 13.6. The van der Waals surface area contributed by atoms with Crippen LogP contribution in [-0.2, 0) is 6.61 Å². The average molecular weight is 950 g/mol. The number of aromatic nitrogens is 4. The van der Waals surface area contributed by atoms with E-state index in [9.17, 15) is 0 Å². The summed E-state index contributed by atoms with van der Waals surface area (Å²) in [7, 11) is 1.62. The number of imidazole rings is 2. The van der Waals surface area contributed by atoms with Crippen molar-refractivity contribution in [3.05, 3.63) is 137 Å². The number of H-pyrrole nitrogens is 2. The highest BCUT2D eigenvalue weighted by Gasteiger charge is 2.51. The monoisotopic (exact) mass is 949 g/mol. The summed E-state index contributed by atoms with van der Waals surface area (Å²) in [4.78, 5) is 14.0. The fourth-order valence-corrected chi connectivity index (χ4v) is 8.84. The minimum atomic E-state index is 0.0293. The van der Waals surface area contributed by atoms with Crippen LogP contribution >= 0.6 is 0 Å². The molecule has 5 aliphatic carbocycles. The molecule has 388 valence electrons. The zero-order chi connectivity index (χ0) is 52.3. The van der Waals surface area contributed by atoms with Gasteiger partial charge in [-0.15, -0.1) is 0 Å². The molecule has 3 unspecified atom stereocenters. The van der Waals surface area contributed by atoms with Gasteiger partial charge in [0.05, 0.1) is 20.0 Å².